The molecular formula is C15H19ClN2OS. The molecule has 0 bridgehead atoms. The number of rotatable bonds is 6. The fourth-order valence-electron chi connectivity index (χ4n) is 2.15. The highest BCUT2D eigenvalue weighted by atomic mass is 35.5. The molecule has 0 fully saturated rings. The standard InChI is InChI=1S/C15H19ClN2OS/c1-3-18(4-2)14(19)10-17-9-13-15(16)11-7-5-6-8-12(11)20-13/h5-8,17H,3-4,9-10H2,1-2H3. The van der Waals surface area contributed by atoms with Gasteiger partial charge in [0.05, 0.1) is 11.6 Å². The first-order chi connectivity index (χ1) is 9.67. The Labute approximate surface area is 128 Å². The average molecular weight is 311 g/mol. The first kappa shape index (κ1) is 15.3. The molecule has 0 radical (unpaired) electrons. The second kappa shape index (κ2) is 7.07. The second-order valence-corrected chi connectivity index (χ2v) is 6.02. The predicted octanol–water partition coefficient (Wildman–Crippen LogP) is 3.51. The van der Waals surface area contributed by atoms with Crippen LogP contribution in [0.2, 0.25) is 5.02 Å². The number of likely N-dealkylation sites (N-methyl/N-ethyl adjacent to an activating group) is 1. The van der Waals surface area contributed by atoms with Crippen molar-refractivity contribution < 1.29 is 4.79 Å². The molecule has 2 aromatic rings. The Balaban J connectivity index is 1.96. The number of hydrogen-bond acceptors (Lipinski definition) is 3. The zero-order valence-electron chi connectivity index (χ0n) is 11.8. The van der Waals surface area contributed by atoms with Crippen molar-refractivity contribution in [3.63, 3.8) is 0 Å². The first-order valence-corrected chi connectivity index (χ1v) is 8.01. The van der Waals surface area contributed by atoms with Gasteiger partial charge in [-0.2, -0.15) is 0 Å². The minimum Gasteiger partial charge on any atom is -0.342 e. The van der Waals surface area contributed by atoms with Crippen molar-refractivity contribution in [3.8, 4) is 0 Å². The Bertz CT molecular complexity index is 593. The van der Waals surface area contributed by atoms with Gasteiger partial charge in [0, 0.05) is 34.6 Å². The maximum atomic E-state index is 11.9. The lowest BCUT2D eigenvalue weighted by atomic mass is 10.2. The minimum atomic E-state index is 0.132. The van der Waals surface area contributed by atoms with Gasteiger partial charge in [0.2, 0.25) is 5.91 Å². The van der Waals surface area contributed by atoms with Gasteiger partial charge in [-0.3, -0.25) is 4.79 Å². The molecule has 0 aliphatic heterocycles. The Kier molecular flexibility index (Phi) is 5.40. The van der Waals surface area contributed by atoms with Gasteiger partial charge in [0.15, 0.2) is 0 Å². The summed E-state index contributed by atoms with van der Waals surface area (Å²) < 4.78 is 1.18. The normalized spacial score (nSPS) is 10.9. The monoisotopic (exact) mass is 310 g/mol. The molecule has 1 heterocycles. The lowest BCUT2D eigenvalue weighted by Crippen LogP contribution is -2.37. The summed E-state index contributed by atoms with van der Waals surface area (Å²) in [5.41, 5.74) is 0. The Morgan fingerprint density at radius 3 is 2.65 bits per heavy atom. The minimum absolute atomic E-state index is 0.132. The van der Waals surface area contributed by atoms with E-state index in [0.717, 1.165) is 28.4 Å². The van der Waals surface area contributed by atoms with E-state index < -0.39 is 0 Å². The van der Waals surface area contributed by atoms with Crippen LogP contribution in [0.4, 0.5) is 0 Å². The van der Waals surface area contributed by atoms with Gasteiger partial charge < -0.3 is 10.2 Å². The van der Waals surface area contributed by atoms with Crippen molar-refractivity contribution in [3.05, 3.63) is 34.2 Å². The molecular weight excluding hydrogens is 292 g/mol. The highest BCUT2D eigenvalue weighted by Gasteiger charge is 2.12. The smallest absolute Gasteiger partial charge is 0.236 e. The number of carbonyl (C=O) groups is 1. The maximum Gasteiger partial charge on any atom is 0.236 e. The molecule has 0 aliphatic rings. The summed E-state index contributed by atoms with van der Waals surface area (Å²) in [6.45, 7) is 6.47. The van der Waals surface area contributed by atoms with Crippen LogP contribution in [0, 0.1) is 0 Å². The van der Waals surface area contributed by atoms with E-state index in [2.05, 4.69) is 11.4 Å². The molecule has 1 aromatic heterocycles. The van der Waals surface area contributed by atoms with Crippen molar-refractivity contribution in [1.29, 1.82) is 0 Å². The van der Waals surface area contributed by atoms with Gasteiger partial charge in [-0.05, 0) is 19.9 Å². The SMILES string of the molecule is CCN(CC)C(=O)CNCc1sc2ccccc2c1Cl. The molecule has 2 rings (SSSR count). The molecule has 0 atom stereocenters. The molecule has 0 spiro atoms. The van der Waals surface area contributed by atoms with Crippen LogP contribution in [-0.4, -0.2) is 30.4 Å². The van der Waals surface area contributed by atoms with Crippen molar-refractivity contribution in [2.75, 3.05) is 19.6 Å². The molecule has 1 amide bonds. The Hall–Kier alpha value is -1.10. The third kappa shape index (κ3) is 3.32. The largest absolute Gasteiger partial charge is 0.342 e. The molecule has 0 saturated carbocycles. The molecule has 20 heavy (non-hydrogen) atoms. The van der Waals surface area contributed by atoms with E-state index >= 15 is 0 Å². The zero-order chi connectivity index (χ0) is 14.5. The van der Waals surface area contributed by atoms with Crippen molar-refractivity contribution in [1.82, 2.24) is 10.2 Å². The van der Waals surface area contributed by atoms with Gasteiger partial charge in [0.25, 0.3) is 0 Å². The summed E-state index contributed by atoms with van der Waals surface area (Å²) >= 11 is 8.04. The second-order valence-electron chi connectivity index (χ2n) is 4.50. The quantitative estimate of drug-likeness (QED) is 0.885. The fraction of sp³-hybridized carbons (Fsp3) is 0.400. The van der Waals surface area contributed by atoms with E-state index in [1.54, 1.807) is 11.3 Å². The van der Waals surface area contributed by atoms with Gasteiger partial charge >= 0.3 is 0 Å². The number of benzene rings is 1. The van der Waals surface area contributed by atoms with Crippen molar-refractivity contribution in [2.45, 2.75) is 20.4 Å². The fourth-order valence-corrected chi connectivity index (χ4v) is 3.62. The summed E-state index contributed by atoms with van der Waals surface area (Å²) in [7, 11) is 0. The van der Waals surface area contributed by atoms with Crippen LogP contribution in [0.3, 0.4) is 0 Å². The molecule has 0 saturated heterocycles. The number of carbonyl (C=O) groups excluding carboxylic acids is 1. The lowest BCUT2D eigenvalue weighted by molar-refractivity contribution is -0.129. The third-order valence-corrected chi connectivity index (χ3v) is 4.99. The van der Waals surface area contributed by atoms with E-state index in [1.165, 1.54) is 4.70 Å². The van der Waals surface area contributed by atoms with Gasteiger partial charge in [-0.1, -0.05) is 29.8 Å². The summed E-state index contributed by atoms with van der Waals surface area (Å²) in [5, 5.41) is 5.08. The van der Waals surface area contributed by atoms with Crippen molar-refractivity contribution in [2.24, 2.45) is 0 Å². The topological polar surface area (TPSA) is 32.3 Å². The highest BCUT2D eigenvalue weighted by molar-refractivity contribution is 7.19. The molecule has 3 nitrogen and oxygen atoms in total. The average Bonchev–Trinajstić information content (AvgIpc) is 2.78. The van der Waals surface area contributed by atoms with Crippen LogP contribution in [-0.2, 0) is 11.3 Å². The highest BCUT2D eigenvalue weighted by Crippen LogP contribution is 2.34. The van der Waals surface area contributed by atoms with E-state index in [-0.39, 0.29) is 5.91 Å². The Morgan fingerprint density at radius 1 is 1.30 bits per heavy atom. The number of halogens is 1. The third-order valence-electron chi connectivity index (χ3n) is 3.28. The number of nitrogens with one attached hydrogen (secondary N) is 1. The van der Waals surface area contributed by atoms with E-state index in [1.807, 2.05) is 36.9 Å². The number of fused-ring (bicyclic) bond motifs is 1. The van der Waals surface area contributed by atoms with Gasteiger partial charge in [0.1, 0.15) is 0 Å². The van der Waals surface area contributed by atoms with Gasteiger partial charge in [-0.25, -0.2) is 0 Å². The number of nitrogens with zero attached hydrogens (tertiary/aromatic N) is 1. The van der Waals surface area contributed by atoms with Crippen LogP contribution in [0.5, 0.6) is 0 Å². The Morgan fingerprint density at radius 2 is 2.00 bits per heavy atom. The molecule has 5 heteroatoms. The number of amides is 1. The maximum absolute atomic E-state index is 11.9. The van der Waals surface area contributed by atoms with Crippen LogP contribution >= 0.6 is 22.9 Å². The summed E-state index contributed by atoms with van der Waals surface area (Å²) in [6.07, 6.45) is 0. The van der Waals surface area contributed by atoms with E-state index in [0.29, 0.717) is 13.1 Å². The van der Waals surface area contributed by atoms with Crippen LogP contribution in [0.15, 0.2) is 24.3 Å². The molecule has 0 aliphatic carbocycles. The van der Waals surface area contributed by atoms with Crippen LogP contribution in [0.25, 0.3) is 10.1 Å². The van der Waals surface area contributed by atoms with E-state index in [4.69, 9.17) is 11.6 Å². The molecule has 0 unspecified atom stereocenters. The van der Waals surface area contributed by atoms with Crippen LogP contribution in [0.1, 0.15) is 18.7 Å². The zero-order valence-corrected chi connectivity index (χ0v) is 13.4. The summed E-state index contributed by atoms with van der Waals surface area (Å²) in [5.74, 6) is 0.132. The predicted molar refractivity (Wildman–Crippen MR) is 86.5 cm³/mol. The molecule has 1 N–H and O–H groups in total. The van der Waals surface area contributed by atoms with E-state index in [9.17, 15) is 4.79 Å². The first-order valence-electron chi connectivity index (χ1n) is 6.81. The number of hydrogen-bond donors (Lipinski definition) is 1. The summed E-state index contributed by atoms with van der Waals surface area (Å²) in [4.78, 5) is 14.8. The molecule has 108 valence electrons. The number of thiophene rings is 1. The van der Waals surface area contributed by atoms with Gasteiger partial charge in [-0.15, -0.1) is 11.3 Å². The summed E-state index contributed by atoms with van der Waals surface area (Å²) in [6, 6.07) is 8.09. The molecule has 1 aromatic carbocycles. The van der Waals surface area contributed by atoms with Crippen LogP contribution < -0.4 is 5.32 Å². The van der Waals surface area contributed by atoms with Crippen molar-refractivity contribution >= 4 is 38.9 Å². The lowest BCUT2D eigenvalue weighted by Gasteiger charge is -2.18.